The van der Waals surface area contributed by atoms with Gasteiger partial charge in [0.25, 0.3) is 0 Å². The zero-order valence-corrected chi connectivity index (χ0v) is 16.9. The van der Waals surface area contributed by atoms with Crippen LogP contribution in [0.25, 0.3) is 0 Å². The number of fused-ring (bicyclic) bond motifs is 1. The molecular formula is C23H20F3N4O2+. The van der Waals surface area contributed by atoms with Gasteiger partial charge in [-0.15, -0.1) is 17.8 Å². The van der Waals surface area contributed by atoms with Crippen molar-refractivity contribution in [3.63, 3.8) is 0 Å². The van der Waals surface area contributed by atoms with Gasteiger partial charge < -0.3 is 9.47 Å². The fraction of sp³-hybridized carbons (Fsp3) is 0.217. The first-order chi connectivity index (χ1) is 15.4. The first-order valence-corrected chi connectivity index (χ1v) is 10.2. The maximum atomic E-state index is 12.5. The smallest absolute Gasteiger partial charge is 0.457 e. The van der Waals surface area contributed by atoms with Gasteiger partial charge in [0.15, 0.2) is 6.20 Å². The minimum absolute atomic E-state index is 0.254. The van der Waals surface area contributed by atoms with Crippen molar-refractivity contribution < 1.29 is 27.2 Å². The summed E-state index contributed by atoms with van der Waals surface area (Å²) in [5.74, 6) is 0.433. The van der Waals surface area contributed by atoms with Crippen LogP contribution in [0.1, 0.15) is 19.3 Å². The molecule has 0 saturated heterocycles. The normalized spacial score (nSPS) is 21.7. The summed E-state index contributed by atoms with van der Waals surface area (Å²) in [4.78, 5) is 8.62. The Hall–Kier alpha value is -3.59. The molecule has 0 aromatic heterocycles. The number of hydrogen-bond donors (Lipinski definition) is 0. The predicted octanol–water partition coefficient (Wildman–Crippen LogP) is 5.91. The van der Waals surface area contributed by atoms with Crippen LogP contribution in [0.4, 0.5) is 18.9 Å². The maximum absolute atomic E-state index is 12.5. The van der Waals surface area contributed by atoms with Gasteiger partial charge in [-0.1, -0.05) is 6.07 Å². The van der Waals surface area contributed by atoms with Crippen LogP contribution in [0, 0.1) is 0 Å². The van der Waals surface area contributed by atoms with Gasteiger partial charge in [0, 0.05) is 6.07 Å². The Kier molecular flexibility index (Phi) is 4.97. The van der Waals surface area contributed by atoms with Gasteiger partial charge in [0.1, 0.15) is 17.2 Å². The topological polar surface area (TPSA) is 46.4 Å². The number of anilines is 1. The van der Waals surface area contributed by atoms with Crippen molar-refractivity contribution >= 4 is 18.2 Å². The molecule has 9 heteroatoms. The number of benzene rings is 2. The van der Waals surface area contributed by atoms with E-state index in [-0.39, 0.29) is 11.5 Å². The molecule has 1 unspecified atom stereocenters. The van der Waals surface area contributed by atoms with Crippen molar-refractivity contribution in [2.24, 2.45) is 9.98 Å². The van der Waals surface area contributed by atoms with E-state index in [0.29, 0.717) is 16.4 Å². The van der Waals surface area contributed by atoms with E-state index >= 15 is 0 Å². The van der Waals surface area contributed by atoms with Crippen LogP contribution < -0.4 is 14.5 Å². The van der Waals surface area contributed by atoms with E-state index in [9.17, 15) is 13.2 Å². The van der Waals surface area contributed by atoms with E-state index in [4.69, 9.17) is 4.74 Å². The summed E-state index contributed by atoms with van der Waals surface area (Å²) in [7, 11) is 0. The van der Waals surface area contributed by atoms with E-state index < -0.39 is 6.36 Å². The summed E-state index contributed by atoms with van der Waals surface area (Å²) < 4.78 is 47.5. The molecule has 5 rings (SSSR count). The van der Waals surface area contributed by atoms with Crippen molar-refractivity contribution in [2.75, 3.05) is 5.01 Å². The number of quaternary nitrogens is 1. The molecule has 2 aliphatic heterocycles. The molecule has 164 valence electrons. The first-order valence-electron chi connectivity index (χ1n) is 10.2. The lowest BCUT2D eigenvalue weighted by molar-refractivity contribution is -0.746. The fourth-order valence-electron chi connectivity index (χ4n) is 3.97. The standard InChI is InChI=1S/C23H20F3N4O2/c24-23(25,26)32-22-6-2-5-21(13-22)31-20-9-7-18(8-10-20)29(17-3-1-4-17)30-12-11-27-14-19(30)15-28-16-30/h2,5-17H,1,3-4H2/q+1. The zero-order valence-electron chi connectivity index (χ0n) is 16.9. The minimum Gasteiger partial charge on any atom is -0.457 e. The molecule has 2 aromatic carbocycles. The van der Waals surface area contributed by atoms with Gasteiger partial charge in [-0.25, -0.2) is 10.0 Å². The summed E-state index contributed by atoms with van der Waals surface area (Å²) in [6.07, 6.45) is 7.85. The van der Waals surface area contributed by atoms with Crippen molar-refractivity contribution in [1.82, 2.24) is 0 Å². The van der Waals surface area contributed by atoms with Gasteiger partial charge in [0.05, 0.1) is 30.3 Å². The number of nitrogens with zero attached hydrogens (tertiary/aromatic N) is 4. The molecular weight excluding hydrogens is 421 g/mol. The first kappa shape index (κ1) is 20.3. The third-order valence-corrected chi connectivity index (χ3v) is 5.60. The second-order valence-electron chi connectivity index (χ2n) is 7.68. The molecule has 0 N–H and O–H groups in total. The molecule has 0 amide bonds. The summed E-state index contributed by atoms with van der Waals surface area (Å²) >= 11 is 0. The molecule has 2 heterocycles. The third kappa shape index (κ3) is 3.87. The second-order valence-corrected chi connectivity index (χ2v) is 7.68. The molecule has 0 radical (unpaired) electrons. The highest BCUT2D eigenvalue weighted by Crippen LogP contribution is 2.40. The lowest BCUT2D eigenvalue weighted by Crippen LogP contribution is -2.61. The van der Waals surface area contributed by atoms with Gasteiger partial charge in [-0.3, -0.25) is 4.99 Å². The highest BCUT2D eigenvalue weighted by atomic mass is 19.4. The minimum atomic E-state index is -4.75. The quantitative estimate of drug-likeness (QED) is 0.524. The molecule has 1 saturated carbocycles. The number of alkyl halides is 3. The van der Waals surface area contributed by atoms with Crippen LogP contribution in [-0.4, -0.2) is 29.5 Å². The monoisotopic (exact) mass is 441 g/mol. The molecule has 3 aliphatic rings. The third-order valence-electron chi connectivity index (χ3n) is 5.60. The molecule has 1 atom stereocenters. The average Bonchev–Trinajstić information content (AvgIpc) is 3.15. The van der Waals surface area contributed by atoms with E-state index in [2.05, 4.69) is 19.7 Å². The number of ether oxygens (including phenoxy) is 2. The van der Waals surface area contributed by atoms with Crippen molar-refractivity contribution in [2.45, 2.75) is 31.7 Å². The Bertz CT molecular complexity index is 1120. The van der Waals surface area contributed by atoms with Crippen LogP contribution >= 0.6 is 0 Å². The second kappa shape index (κ2) is 7.83. The average molecular weight is 441 g/mol. The SMILES string of the molecule is FC(F)(F)Oc1cccc(Oc2ccc(N(C3CCC3)[N+]34C=CN=CC3=CN=C4)cc2)c1. The Morgan fingerprint density at radius 2 is 1.75 bits per heavy atom. The van der Waals surface area contributed by atoms with E-state index in [0.717, 1.165) is 24.2 Å². The summed E-state index contributed by atoms with van der Waals surface area (Å²) in [5, 5.41) is 2.30. The molecule has 1 fully saturated rings. The summed E-state index contributed by atoms with van der Waals surface area (Å²) in [5.41, 5.74) is 1.94. The molecule has 32 heavy (non-hydrogen) atoms. The van der Waals surface area contributed by atoms with Gasteiger partial charge >= 0.3 is 6.36 Å². The number of rotatable bonds is 6. The maximum Gasteiger partial charge on any atom is 0.573 e. The lowest BCUT2D eigenvalue weighted by atomic mass is 9.92. The summed E-state index contributed by atoms with van der Waals surface area (Å²) in [6, 6.07) is 13.3. The predicted molar refractivity (Wildman–Crippen MR) is 114 cm³/mol. The van der Waals surface area contributed by atoms with Gasteiger partial charge in [-0.05, 0) is 55.7 Å². The van der Waals surface area contributed by atoms with Crippen LogP contribution in [-0.2, 0) is 0 Å². The Morgan fingerprint density at radius 3 is 2.47 bits per heavy atom. The van der Waals surface area contributed by atoms with Crippen molar-refractivity contribution in [1.29, 1.82) is 0 Å². The zero-order chi connectivity index (χ0) is 22.2. The van der Waals surface area contributed by atoms with Crippen molar-refractivity contribution in [3.05, 3.63) is 72.8 Å². The number of aliphatic imine (C=N–C) groups is 2. The Labute approximate surface area is 182 Å². The lowest BCUT2D eigenvalue weighted by Gasteiger charge is -2.46. The number of hydrogen-bond acceptors (Lipinski definition) is 5. The van der Waals surface area contributed by atoms with Gasteiger partial charge in [0.2, 0.25) is 12.0 Å². The van der Waals surface area contributed by atoms with E-state index in [1.807, 2.05) is 37.1 Å². The highest BCUT2D eigenvalue weighted by Gasteiger charge is 2.46. The number of allylic oxidation sites excluding steroid dienone is 1. The van der Waals surface area contributed by atoms with E-state index in [1.165, 1.54) is 24.6 Å². The summed E-state index contributed by atoms with van der Waals surface area (Å²) in [6.45, 7) is 0. The fourth-order valence-corrected chi connectivity index (χ4v) is 3.97. The molecule has 2 aromatic rings. The van der Waals surface area contributed by atoms with Crippen LogP contribution in [0.15, 0.2) is 82.8 Å². The molecule has 6 nitrogen and oxygen atoms in total. The molecule has 1 aliphatic carbocycles. The molecule has 0 spiro atoms. The molecule has 0 bridgehead atoms. The van der Waals surface area contributed by atoms with Crippen LogP contribution in [0.2, 0.25) is 0 Å². The Balaban J connectivity index is 1.39. The van der Waals surface area contributed by atoms with Crippen LogP contribution in [0.5, 0.6) is 17.2 Å². The Morgan fingerprint density at radius 1 is 0.969 bits per heavy atom. The number of halogens is 3. The van der Waals surface area contributed by atoms with E-state index in [1.54, 1.807) is 24.4 Å². The van der Waals surface area contributed by atoms with Gasteiger partial charge in [-0.2, -0.15) is 0 Å². The largest absolute Gasteiger partial charge is 0.573 e. The van der Waals surface area contributed by atoms with Crippen molar-refractivity contribution in [3.8, 4) is 17.2 Å². The highest BCUT2D eigenvalue weighted by molar-refractivity contribution is 5.82. The van der Waals surface area contributed by atoms with Crippen LogP contribution in [0.3, 0.4) is 0 Å².